The quantitative estimate of drug-likeness (QED) is 0.605. The summed E-state index contributed by atoms with van der Waals surface area (Å²) in [7, 11) is 0. The fourth-order valence-corrected chi connectivity index (χ4v) is 2.58. The summed E-state index contributed by atoms with van der Waals surface area (Å²) >= 11 is 0. The molecule has 3 aromatic heterocycles. The number of carbonyl (C=O) groups is 1. The van der Waals surface area contributed by atoms with E-state index in [1.54, 1.807) is 47.5 Å². The van der Waals surface area contributed by atoms with Gasteiger partial charge < -0.3 is 5.32 Å². The van der Waals surface area contributed by atoms with Gasteiger partial charge in [0.2, 0.25) is 0 Å². The van der Waals surface area contributed by atoms with Crippen LogP contribution in [0.2, 0.25) is 0 Å². The van der Waals surface area contributed by atoms with Gasteiger partial charge in [0.1, 0.15) is 23.9 Å². The summed E-state index contributed by atoms with van der Waals surface area (Å²) in [5.41, 5.74) is 1.68. The van der Waals surface area contributed by atoms with Crippen LogP contribution in [0.5, 0.6) is 0 Å². The molecule has 4 rings (SSSR count). The van der Waals surface area contributed by atoms with E-state index in [4.69, 9.17) is 0 Å². The molecule has 8 heteroatoms. The van der Waals surface area contributed by atoms with Crippen molar-refractivity contribution in [3.8, 4) is 0 Å². The topological polar surface area (TPSA) is 94.2 Å². The van der Waals surface area contributed by atoms with Crippen molar-refractivity contribution in [1.82, 2.24) is 24.1 Å². The van der Waals surface area contributed by atoms with Gasteiger partial charge in [-0.25, -0.2) is 14.6 Å². The molecule has 0 aliphatic heterocycles. The van der Waals surface area contributed by atoms with E-state index in [0.29, 0.717) is 17.9 Å². The van der Waals surface area contributed by atoms with Crippen LogP contribution in [0.1, 0.15) is 15.9 Å². The SMILES string of the molecule is O=C(Nc1ccc(Cn2cncn2)cc1)c1cnc2ccccn2c1=O. The van der Waals surface area contributed by atoms with Crippen molar-refractivity contribution in [3.63, 3.8) is 0 Å². The number of hydrogen-bond donors (Lipinski definition) is 1. The molecule has 128 valence electrons. The number of nitrogens with zero attached hydrogens (tertiary/aromatic N) is 5. The summed E-state index contributed by atoms with van der Waals surface area (Å²) in [5.74, 6) is -0.496. The van der Waals surface area contributed by atoms with Gasteiger partial charge in [-0.3, -0.25) is 14.0 Å². The molecule has 0 fully saturated rings. The monoisotopic (exact) mass is 346 g/mol. The normalized spacial score (nSPS) is 10.8. The van der Waals surface area contributed by atoms with Gasteiger partial charge in [-0.1, -0.05) is 18.2 Å². The first-order chi connectivity index (χ1) is 12.7. The lowest BCUT2D eigenvalue weighted by atomic mass is 10.2. The summed E-state index contributed by atoms with van der Waals surface area (Å²) in [6.45, 7) is 0.587. The molecule has 0 aliphatic carbocycles. The average Bonchev–Trinajstić information content (AvgIpc) is 3.17. The first-order valence-electron chi connectivity index (χ1n) is 7.90. The molecule has 0 saturated heterocycles. The molecule has 3 heterocycles. The van der Waals surface area contributed by atoms with Crippen LogP contribution in [-0.4, -0.2) is 30.1 Å². The summed E-state index contributed by atoms with van der Waals surface area (Å²) in [6.07, 6.45) is 5.99. The maximum Gasteiger partial charge on any atom is 0.270 e. The number of amides is 1. The Hall–Kier alpha value is -3.81. The summed E-state index contributed by atoms with van der Waals surface area (Å²) in [6, 6.07) is 12.5. The molecule has 0 spiro atoms. The van der Waals surface area contributed by atoms with E-state index in [0.717, 1.165) is 5.56 Å². The molecule has 0 saturated carbocycles. The third-order valence-electron chi connectivity index (χ3n) is 3.88. The van der Waals surface area contributed by atoms with E-state index in [9.17, 15) is 9.59 Å². The highest BCUT2D eigenvalue weighted by molar-refractivity contribution is 6.03. The zero-order valence-corrected chi connectivity index (χ0v) is 13.6. The Morgan fingerprint density at radius 2 is 1.96 bits per heavy atom. The Kier molecular flexibility index (Phi) is 3.98. The van der Waals surface area contributed by atoms with Crippen LogP contribution in [-0.2, 0) is 6.54 Å². The molecule has 1 aromatic carbocycles. The summed E-state index contributed by atoms with van der Waals surface area (Å²) < 4.78 is 3.05. The summed E-state index contributed by atoms with van der Waals surface area (Å²) in [5, 5.41) is 6.77. The Morgan fingerprint density at radius 3 is 2.73 bits per heavy atom. The van der Waals surface area contributed by atoms with Crippen molar-refractivity contribution in [2.45, 2.75) is 6.54 Å². The van der Waals surface area contributed by atoms with Crippen molar-refractivity contribution in [2.24, 2.45) is 0 Å². The molecule has 4 aromatic rings. The first kappa shape index (κ1) is 15.7. The van der Waals surface area contributed by atoms with E-state index < -0.39 is 11.5 Å². The fourth-order valence-electron chi connectivity index (χ4n) is 2.58. The Labute approximate surface area is 147 Å². The highest BCUT2D eigenvalue weighted by Gasteiger charge is 2.13. The lowest BCUT2D eigenvalue weighted by Crippen LogP contribution is -2.26. The van der Waals surface area contributed by atoms with Crippen LogP contribution in [0.4, 0.5) is 5.69 Å². The van der Waals surface area contributed by atoms with Crippen LogP contribution < -0.4 is 10.9 Å². The Bertz CT molecular complexity index is 1120. The molecule has 1 amide bonds. The van der Waals surface area contributed by atoms with Gasteiger partial charge >= 0.3 is 0 Å². The van der Waals surface area contributed by atoms with Gasteiger partial charge in [0.15, 0.2) is 0 Å². The predicted octanol–water partition coefficient (Wildman–Crippen LogP) is 1.59. The molecular weight excluding hydrogens is 332 g/mol. The van der Waals surface area contributed by atoms with Gasteiger partial charge in [-0.2, -0.15) is 5.10 Å². The number of benzene rings is 1. The lowest BCUT2D eigenvalue weighted by Gasteiger charge is -2.07. The van der Waals surface area contributed by atoms with E-state index in [1.807, 2.05) is 12.1 Å². The zero-order chi connectivity index (χ0) is 17.9. The van der Waals surface area contributed by atoms with Crippen LogP contribution >= 0.6 is 0 Å². The fraction of sp³-hybridized carbons (Fsp3) is 0.0556. The predicted molar refractivity (Wildman–Crippen MR) is 95.0 cm³/mol. The van der Waals surface area contributed by atoms with Crippen LogP contribution in [0.25, 0.3) is 5.65 Å². The highest BCUT2D eigenvalue weighted by Crippen LogP contribution is 2.11. The highest BCUT2D eigenvalue weighted by atomic mass is 16.2. The smallest absolute Gasteiger partial charge is 0.270 e. The second-order valence-corrected chi connectivity index (χ2v) is 5.65. The van der Waals surface area contributed by atoms with Gasteiger partial charge in [-0.05, 0) is 29.8 Å². The first-order valence-corrected chi connectivity index (χ1v) is 7.90. The molecule has 0 aliphatic rings. The van der Waals surface area contributed by atoms with Gasteiger partial charge in [0.05, 0.1) is 6.54 Å². The maximum absolute atomic E-state index is 12.4. The largest absolute Gasteiger partial charge is 0.322 e. The number of aromatic nitrogens is 5. The van der Waals surface area contributed by atoms with E-state index in [-0.39, 0.29) is 5.56 Å². The second-order valence-electron chi connectivity index (χ2n) is 5.65. The third-order valence-corrected chi connectivity index (χ3v) is 3.88. The zero-order valence-electron chi connectivity index (χ0n) is 13.6. The Morgan fingerprint density at radius 1 is 1.12 bits per heavy atom. The minimum atomic E-state index is -0.496. The van der Waals surface area contributed by atoms with Crippen LogP contribution in [0, 0.1) is 0 Å². The van der Waals surface area contributed by atoms with Gasteiger partial charge in [0, 0.05) is 18.1 Å². The van der Waals surface area contributed by atoms with Gasteiger partial charge in [-0.15, -0.1) is 0 Å². The number of nitrogens with one attached hydrogen (secondary N) is 1. The molecule has 1 N–H and O–H groups in total. The van der Waals surface area contributed by atoms with E-state index in [1.165, 1.54) is 16.9 Å². The molecule has 0 unspecified atom stereocenters. The average molecular weight is 346 g/mol. The lowest BCUT2D eigenvalue weighted by molar-refractivity contribution is 0.102. The van der Waals surface area contributed by atoms with Crippen LogP contribution in [0.3, 0.4) is 0 Å². The van der Waals surface area contributed by atoms with Crippen molar-refractivity contribution in [2.75, 3.05) is 5.32 Å². The standard InChI is InChI=1S/C18H14N6O2/c25-17(15-9-20-16-3-1-2-8-24(16)18(15)26)22-14-6-4-13(5-7-14)10-23-12-19-11-21-23/h1-9,11-12H,10H2,(H,22,25). The second kappa shape index (κ2) is 6.60. The molecule has 8 nitrogen and oxygen atoms in total. The number of anilines is 1. The van der Waals surface area contributed by atoms with Crippen molar-refractivity contribution < 1.29 is 4.79 Å². The maximum atomic E-state index is 12.4. The number of pyridine rings is 1. The van der Waals surface area contributed by atoms with Crippen molar-refractivity contribution >= 4 is 17.2 Å². The third kappa shape index (κ3) is 3.07. The van der Waals surface area contributed by atoms with E-state index in [2.05, 4.69) is 20.4 Å². The number of hydrogen-bond acceptors (Lipinski definition) is 5. The van der Waals surface area contributed by atoms with E-state index >= 15 is 0 Å². The minimum absolute atomic E-state index is 0.0135. The molecular formula is C18H14N6O2. The minimum Gasteiger partial charge on any atom is -0.322 e. The number of carbonyl (C=O) groups excluding carboxylic acids is 1. The van der Waals surface area contributed by atoms with Crippen molar-refractivity contribution in [1.29, 1.82) is 0 Å². The number of fused-ring (bicyclic) bond motifs is 1. The number of rotatable bonds is 4. The summed E-state index contributed by atoms with van der Waals surface area (Å²) in [4.78, 5) is 32.9. The Balaban J connectivity index is 1.53. The molecule has 0 bridgehead atoms. The molecule has 0 atom stereocenters. The molecule has 26 heavy (non-hydrogen) atoms. The van der Waals surface area contributed by atoms with Crippen LogP contribution in [0.15, 0.2) is 72.3 Å². The van der Waals surface area contributed by atoms with Crippen molar-refractivity contribution in [3.05, 3.63) is 89.0 Å². The van der Waals surface area contributed by atoms with Gasteiger partial charge in [0.25, 0.3) is 11.5 Å². The molecule has 0 radical (unpaired) electrons.